The number of carbonyl (C=O) groups is 1. The van der Waals surface area contributed by atoms with Crippen LogP contribution in [0.2, 0.25) is 0 Å². The summed E-state index contributed by atoms with van der Waals surface area (Å²) in [5.74, 6) is -0.345. The van der Waals surface area contributed by atoms with Gasteiger partial charge in [0, 0.05) is 31.2 Å². The minimum atomic E-state index is -0.383. The van der Waals surface area contributed by atoms with Crippen LogP contribution in [0.15, 0.2) is 58.1 Å². The van der Waals surface area contributed by atoms with E-state index < -0.39 is 0 Å². The summed E-state index contributed by atoms with van der Waals surface area (Å²) in [6, 6.07) is 9.13. The normalized spacial score (nSPS) is 10.7. The highest BCUT2D eigenvalue weighted by Gasteiger charge is 2.06. The minimum Gasteiger partial charge on any atom is -0.459 e. The van der Waals surface area contributed by atoms with Crippen molar-refractivity contribution in [3.8, 4) is 0 Å². The standard InChI is InChI=1S/C17H16FN3O3/c18-14-3-1-2-12(10-14)11-20-17(23)19-6-8-21-7-4-13-5-9-24-15(13)16(21)22/h1-5,7,9-10H,6,8,11H2,(H2,19,20,23). The molecule has 0 aliphatic carbocycles. The number of furan rings is 1. The van der Waals surface area contributed by atoms with Crippen LogP contribution in [0.1, 0.15) is 5.56 Å². The van der Waals surface area contributed by atoms with Gasteiger partial charge in [-0.3, -0.25) is 4.79 Å². The van der Waals surface area contributed by atoms with Crippen molar-refractivity contribution in [2.75, 3.05) is 6.54 Å². The third-order valence-corrected chi connectivity index (χ3v) is 3.57. The second-order valence-electron chi connectivity index (χ2n) is 5.26. The smallest absolute Gasteiger partial charge is 0.315 e. The molecule has 0 aliphatic heterocycles. The molecule has 0 atom stereocenters. The molecule has 124 valence electrons. The van der Waals surface area contributed by atoms with Gasteiger partial charge in [-0.05, 0) is 29.8 Å². The summed E-state index contributed by atoms with van der Waals surface area (Å²) in [6.07, 6.45) is 3.13. The molecule has 0 radical (unpaired) electrons. The second kappa shape index (κ2) is 6.99. The molecule has 6 nitrogen and oxygen atoms in total. The van der Waals surface area contributed by atoms with Crippen LogP contribution in [0, 0.1) is 5.82 Å². The second-order valence-corrected chi connectivity index (χ2v) is 5.26. The van der Waals surface area contributed by atoms with Crippen LogP contribution in [0.25, 0.3) is 11.0 Å². The fourth-order valence-electron chi connectivity index (χ4n) is 2.35. The third kappa shape index (κ3) is 3.62. The summed E-state index contributed by atoms with van der Waals surface area (Å²) < 4.78 is 19.7. The highest BCUT2D eigenvalue weighted by Crippen LogP contribution is 2.09. The Hall–Kier alpha value is -3.09. The lowest BCUT2D eigenvalue weighted by Crippen LogP contribution is -2.37. The number of pyridine rings is 1. The van der Waals surface area contributed by atoms with Gasteiger partial charge in [-0.1, -0.05) is 12.1 Å². The number of amides is 2. The fraction of sp³-hybridized carbons (Fsp3) is 0.176. The van der Waals surface area contributed by atoms with Crippen molar-refractivity contribution in [3.63, 3.8) is 0 Å². The maximum Gasteiger partial charge on any atom is 0.315 e. The predicted molar refractivity (Wildman–Crippen MR) is 87.1 cm³/mol. The average molecular weight is 329 g/mol. The zero-order valence-corrected chi connectivity index (χ0v) is 12.8. The molecule has 2 heterocycles. The van der Waals surface area contributed by atoms with Crippen molar-refractivity contribution in [2.24, 2.45) is 0 Å². The number of benzene rings is 1. The lowest BCUT2D eigenvalue weighted by atomic mass is 10.2. The molecule has 3 rings (SSSR count). The molecule has 1 aromatic carbocycles. The first-order chi connectivity index (χ1) is 11.6. The van der Waals surface area contributed by atoms with Crippen LogP contribution in [-0.2, 0) is 13.1 Å². The van der Waals surface area contributed by atoms with Gasteiger partial charge < -0.3 is 19.6 Å². The topological polar surface area (TPSA) is 76.3 Å². The first-order valence-electron chi connectivity index (χ1n) is 7.46. The Balaban J connectivity index is 1.49. The van der Waals surface area contributed by atoms with Crippen molar-refractivity contribution in [3.05, 3.63) is 70.6 Å². The molecule has 2 N–H and O–H groups in total. The Morgan fingerprint density at radius 3 is 2.92 bits per heavy atom. The zero-order valence-electron chi connectivity index (χ0n) is 12.8. The van der Waals surface area contributed by atoms with Gasteiger partial charge in [0.2, 0.25) is 0 Å². The van der Waals surface area contributed by atoms with E-state index in [0.717, 1.165) is 5.39 Å². The molecular formula is C17H16FN3O3. The summed E-state index contributed by atoms with van der Waals surface area (Å²) in [4.78, 5) is 23.8. The molecule has 2 aromatic heterocycles. The number of rotatable bonds is 5. The zero-order chi connectivity index (χ0) is 16.9. The van der Waals surface area contributed by atoms with E-state index in [2.05, 4.69) is 10.6 Å². The summed E-state index contributed by atoms with van der Waals surface area (Å²) in [5.41, 5.74) is 0.733. The number of nitrogens with zero attached hydrogens (tertiary/aromatic N) is 1. The van der Waals surface area contributed by atoms with Crippen LogP contribution in [0.3, 0.4) is 0 Å². The van der Waals surface area contributed by atoms with Crippen LogP contribution < -0.4 is 16.2 Å². The van der Waals surface area contributed by atoms with E-state index in [1.165, 1.54) is 23.0 Å². The van der Waals surface area contributed by atoms with E-state index in [1.807, 2.05) is 0 Å². The predicted octanol–water partition coefficient (Wildman–Crippen LogP) is 2.23. The van der Waals surface area contributed by atoms with E-state index in [0.29, 0.717) is 17.7 Å². The largest absolute Gasteiger partial charge is 0.459 e. The highest BCUT2D eigenvalue weighted by atomic mass is 19.1. The van der Waals surface area contributed by atoms with Gasteiger partial charge in [0.1, 0.15) is 5.82 Å². The molecule has 0 unspecified atom stereocenters. The van der Waals surface area contributed by atoms with Gasteiger partial charge in [-0.15, -0.1) is 0 Å². The van der Waals surface area contributed by atoms with E-state index in [4.69, 9.17) is 4.42 Å². The lowest BCUT2D eigenvalue weighted by molar-refractivity contribution is 0.240. The summed E-state index contributed by atoms with van der Waals surface area (Å²) in [6.45, 7) is 0.825. The quantitative estimate of drug-likeness (QED) is 0.754. The summed E-state index contributed by atoms with van der Waals surface area (Å²) >= 11 is 0. The molecule has 0 fully saturated rings. The number of carbonyl (C=O) groups excluding carboxylic acids is 1. The van der Waals surface area contributed by atoms with E-state index in [1.54, 1.807) is 30.5 Å². The minimum absolute atomic E-state index is 0.224. The Morgan fingerprint density at radius 2 is 2.08 bits per heavy atom. The van der Waals surface area contributed by atoms with E-state index >= 15 is 0 Å². The molecule has 0 bridgehead atoms. The van der Waals surface area contributed by atoms with Crippen LogP contribution in [-0.4, -0.2) is 17.1 Å². The first kappa shape index (κ1) is 15.8. The Kier molecular flexibility index (Phi) is 4.60. The molecular weight excluding hydrogens is 313 g/mol. The lowest BCUT2D eigenvalue weighted by Gasteiger charge is -2.09. The van der Waals surface area contributed by atoms with Crippen molar-refractivity contribution in [2.45, 2.75) is 13.1 Å². The number of urea groups is 1. The molecule has 0 spiro atoms. The molecule has 7 heteroatoms. The fourth-order valence-corrected chi connectivity index (χ4v) is 2.35. The molecule has 24 heavy (non-hydrogen) atoms. The van der Waals surface area contributed by atoms with Gasteiger partial charge in [-0.2, -0.15) is 0 Å². The van der Waals surface area contributed by atoms with Crippen molar-refractivity contribution >= 4 is 17.0 Å². The molecule has 0 saturated heterocycles. The van der Waals surface area contributed by atoms with Crippen LogP contribution in [0.5, 0.6) is 0 Å². The average Bonchev–Trinajstić information content (AvgIpc) is 3.05. The number of hydrogen-bond donors (Lipinski definition) is 2. The molecule has 0 aliphatic rings. The third-order valence-electron chi connectivity index (χ3n) is 3.57. The van der Waals surface area contributed by atoms with Crippen molar-refractivity contribution in [1.82, 2.24) is 15.2 Å². The summed E-state index contributed by atoms with van der Waals surface area (Å²) in [7, 11) is 0. The van der Waals surface area contributed by atoms with E-state index in [-0.39, 0.29) is 30.5 Å². The number of fused-ring (bicyclic) bond motifs is 1. The van der Waals surface area contributed by atoms with Crippen molar-refractivity contribution in [1.29, 1.82) is 0 Å². The molecule has 2 amide bonds. The SMILES string of the molecule is O=C(NCCn1ccc2ccoc2c1=O)NCc1cccc(F)c1. The van der Waals surface area contributed by atoms with Gasteiger partial charge in [0.15, 0.2) is 5.58 Å². The number of nitrogens with one attached hydrogen (secondary N) is 2. The highest BCUT2D eigenvalue weighted by molar-refractivity contribution is 5.75. The first-order valence-corrected chi connectivity index (χ1v) is 7.46. The number of hydrogen-bond acceptors (Lipinski definition) is 3. The van der Waals surface area contributed by atoms with Gasteiger partial charge in [0.25, 0.3) is 5.56 Å². The van der Waals surface area contributed by atoms with Crippen LogP contribution >= 0.6 is 0 Å². The maximum absolute atomic E-state index is 13.0. The van der Waals surface area contributed by atoms with Gasteiger partial charge >= 0.3 is 6.03 Å². The summed E-state index contributed by atoms with van der Waals surface area (Å²) in [5, 5.41) is 6.03. The molecule has 0 saturated carbocycles. The molecule has 3 aromatic rings. The van der Waals surface area contributed by atoms with Gasteiger partial charge in [-0.25, -0.2) is 9.18 Å². The maximum atomic E-state index is 13.0. The Labute approximate surface area is 136 Å². The Morgan fingerprint density at radius 1 is 1.21 bits per heavy atom. The van der Waals surface area contributed by atoms with Gasteiger partial charge in [0.05, 0.1) is 6.26 Å². The Bertz CT molecular complexity index is 917. The number of halogens is 1. The van der Waals surface area contributed by atoms with Crippen molar-refractivity contribution < 1.29 is 13.6 Å². The number of aromatic nitrogens is 1. The van der Waals surface area contributed by atoms with Crippen LogP contribution in [0.4, 0.5) is 9.18 Å². The van der Waals surface area contributed by atoms with E-state index in [9.17, 15) is 14.0 Å². The monoisotopic (exact) mass is 329 g/mol.